The summed E-state index contributed by atoms with van der Waals surface area (Å²) in [5, 5.41) is 9.36. The Morgan fingerprint density at radius 1 is 1.32 bits per heavy atom. The van der Waals surface area contributed by atoms with Crippen molar-refractivity contribution in [3.05, 3.63) is 23.8 Å². The largest absolute Gasteiger partial charge is 0.495 e. The molecule has 1 aromatic carbocycles. The molecule has 2 saturated heterocycles. The number of fused-ring (bicyclic) bond motifs is 2. The molecule has 0 amide bonds. The lowest BCUT2D eigenvalue weighted by atomic mass is 9.96. The number of nitrogens with two attached hydrogens (primary N) is 1. The molecule has 0 radical (unpaired) electrons. The standard InChI is InChI=1S/C15H19N3O/c1-19-14-4-2-3-10(9-16)15(14)18-12-5-6-13(18)8-11(17)7-12/h2-4,11-13H,5-8,17H2,1H3. The minimum atomic E-state index is 0.300. The molecule has 19 heavy (non-hydrogen) atoms. The van der Waals surface area contributed by atoms with Crippen molar-refractivity contribution in [1.29, 1.82) is 5.26 Å². The Balaban J connectivity index is 2.06. The molecule has 2 unspecified atom stereocenters. The van der Waals surface area contributed by atoms with E-state index in [1.54, 1.807) is 7.11 Å². The van der Waals surface area contributed by atoms with Crippen LogP contribution in [0.2, 0.25) is 0 Å². The Hall–Kier alpha value is -1.73. The molecule has 0 spiro atoms. The zero-order valence-corrected chi connectivity index (χ0v) is 11.2. The number of hydrogen-bond donors (Lipinski definition) is 1. The first kappa shape index (κ1) is 12.3. The molecule has 0 aromatic heterocycles. The Kier molecular flexibility index (Phi) is 3.08. The van der Waals surface area contributed by atoms with E-state index in [0.29, 0.717) is 23.7 Å². The number of ether oxygens (including phenoxy) is 1. The van der Waals surface area contributed by atoms with Gasteiger partial charge in [0.15, 0.2) is 0 Å². The van der Waals surface area contributed by atoms with Crippen molar-refractivity contribution in [2.45, 2.75) is 43.8 Å². The number of anilines is 1. The van der Waals surface area contributed by atoms with Gasteiger partial charge in [0.1, 0.15) is 11.8 Å². The lowest BCUT2D eigenvalue weighted by molar-refractivity contribution is 0.391. The molecule has 2 heterocycles. The molecular weight excluding hydrogens is 238 g/mol. The number of piperidine rings is 1. The molecule has 2 bridgehead atoms. The minimum Gasteiger partial charge on any atom is -0.495 e. The monoisotopic (exact) mass is 257 g/mol. The Labute approximate surface area is 113 Å². The Morgan fingerprint density at radius 2 is 2.00 bits per heavy atom. The number of para-hydroxylation sites is 1. The van der Waals surface area contributed by atoms with Crippen molar-refractivity contribution in [2.75, 3.05) is 12.0 Å². The molecule has 2 atom stereocenters. The van der Waals surface area contributed by atoms with Gasteiger partial charge in [0.25, 0.3) is 0 Å². The van der Waals surface area contributed by atoms with Crippen LogP contribution in [0.1, 0.15) is 31.2 Å². The molecule has 0 aliphatic carbocycles. The fraction of sp³-hybridized carbons (Fsp3) is 0.533. The SMILES string of the molecule is COc1cccc(C#N)c1N1C2CCC1CC(N)C2. The normalized spacial score (nSPS) is 29.1. The molecule has 2 aliphatic rings. The van der Waals surface area contributed by atoms with Crippen molar-refractivity contribution >= 4 is 5.69 Å². The summed E-state index contributed by atoms with van der Waals surface area (Å²) in [4.78, 5) is 2.39. The summed E-state index contributed by atoms with van der Waals surface area (Å²) in [6.45, 7) is 0. The van der Waals surface area contributed by atoms with Gasteiger partial charge in [-0.1, -0.05) is 6.07 Å². The maximum absolute atomic E-state index is 9.36. The third kappa shape index (κ3) is 1.95. The van der Waals surface area contributed by atoms with Gasteiger partial charge in [0, 0.05) is 18.1 Å². The van der Waals surface area contributed by atoms with Crippen LogP contribution < -0.4 is 15.4 Å². The second kappa shape index (κ2) is 4.75. The highest BCUT2D eigenvalue weighted by Crippen LogP contribution is 2.44. The maximum Gasteiger partial charge on any atom is 0.143 e. The summed E-state index contributed by atoms with van der Waals surface area (Å²) < 4.78 is 5.47. The molecule has 2 aliphatic heterocycles. The summed E-state index contributed by atoms with van der Waals surface area (Å²) in [6, 6.07) is 9.18. The average Bonchev–Trinajstić information content (AvgIpc) is 2.69. The van der Waals surface area contributed by atoms with E-state index in [1.165, 1.54) is 12.8 Å². The first-order chi connectivity index (χ1) is 9.24. The quantitative estimate of drug-likeness (QED) is 0.880. The van der Waals surface area contributed by atoms with E-state index in [2.05, 4.69) is 11.0 Å². The van der Waals surface area contributed by atoms with Crippen LogP contribution in [0.25, 0.3) is 0 Å². The highest BCUT2D eigenvalue weighted by Gasteiger charge is 2.41. The van der Waals surface area contributed by atoms with E-state index >= 15 is 0 Å². The van der Waals surface area contributed by atoms with Gasteiger partial charge in [-0.2, -0.15) is 5.26 Å². The van der Waals surface area contributed by atoms with Gasteiger partial charge >= 0.3 is 0 Å². The van der Waals surface area contributed by atoms with Gasteiger partial charge in [-0.25, -0.2) is 0 Å². The molecule has 2 fully saturated rings. The molecule has 3 rings (SSSR count). The average molecular weight is 257 g/mol. The second-order valence-corrected chi connectivity index (χ2v) is 5.49. The third-order valence-corrected chi connectivity index (χ3v) is 4.37. The topological polar surface area (TPSA) is 62.3 Å². The van der Waals surface area contributed by atoms with Crippen LogP contribution in [0.5, 0.6) is 5.75 Å². The predicted molar refractivity (Wildman–Crippen MR) is 74.2 cm³/mol. The fourth-order valence-electron chi connectivity index (χ4n) is 3.63. The third-order valence-electron chi connectivity index (χ3n) is 4.37. The molecule has 100 valence electrons. The number of methoxy groups -OCH3 is 1. The van der Waals surface area contributed by atoms with Crippen molar-refractivity contribution in [3.63, 3.8) is 0 Å². The molecule has 2 N–H and O–H groups in total. The highest BCUT2D eigenvalue weighted by atomic mass is 16.5. The predicted octanol–water partition coefficient (Wildman–Crippen LogP) is 2.03. The lowest BCUT2D eigenvalue weighted by Crippen LogP contribution is -2.47. The van der Waals surface area contributed by atoms with Crippen LogP contribution in [0.3, 0.4) is 0 Å². The molecular formula is C15H19N3O. The first-order valence-electron chi connectivity index (χ1n) is 6.85. The van der Waals surface area contributed by atoms with Crippen LogP contribution in [0.15, 0.2) is 18.2 Å². The van der Waals surface area contributed by atoms with E-state index in [9.17, 15) is 5.26 Å². The molecule has 4 nitrogen and oxygen atoms in total. The minimum absolute atomic E-state index is 0.300. The van der Waals surface area contributed by atoms with Gasteiger partial charge in [0.05, 0.1) is 18.4 Å². The van der Waals surface area contributed by atoms with E-state index in [-0.39, 0.29) is 0 Å². The lowest BCUT2D eigenvalue weighted by Gasteiger charge is -2.40. The van der Waals surface area contributed by atoms with E-state index in [4.69, 9.17) is 10.5 Å². The van der Waals surface area contributed by atoms with E-state index < -0.39 is 0 Å². The summed E-state index contributed by atoms with van der Waals surface area (Å²) in [6.07, 6.45) is 4.36. The van der Waals surface area contributed by atoms with Gasteiger partial charge < -0.3 is 15.4 Å². The van der Waals surface area contributed by atoms with Crippen molar-refractivity contribution in [2.24, 2.45) is 5.73 Å². The fourth-order valence-corrected chi connectivity index (χ4v) is 3.63. The van der Waals surface area contributed by atoms with Crippen molar-refractivity contribution in [1.82, 2.24) is 0 Å². The summed E-state index contributed by atoms with van der Waals surface area (Å²) in [7, 11) is 1.66. The van der Waals surface area contributed by atoms with Gasteiger partial charge in [-0.05, 0) is 37.8 Å². The van der Waals surface area contributed by atoms with Gasteiger partial charge in [-0.3, -0.25) is 0 Å². The van der Waals surface area contributed by atoms with Gasteiger partial charge in [0.2, 0.25) is 0 Å². The Morgan fingerprint density at radius 3 is 2.58 bits per heavy atom. The second-order valence-electron chi connectivity index (χ2n) is 5.49. The number of hydrogen-bond acceptors (Lipinski definition) is 4. The molecule has 1 aromatic rings. The number of benzene rings is 1. The first-order valence-corrected chi connectivity index (χ1v) is 6.85. The van der Waals surface area contributed by atoms with E-state index in [1.807, 2.05) is 18.2 Å². The zero-order chi connectivity index (χ0) is 13.4. The van der Waals surface area contributed by atoms with Gasteiger partial charge in [-0.15, -0.1) is 0 Å². The van der Waals surface area contributed by atoms with Crippen LogP contribution in [-0.4, -0.2) is 25.2 Å². The van der Waals surface area contributed by atoms with Crippen molar-refractivity contribution in [3.8, 4) is 11.8 Å². The molecule has 0 saturated carbocycles. The summed E-state index contributed by atoms with van der Waals surface area (Å²) >= 11 is 0. The van der Waals surface area contributed by atoms with Crippen LogP contribution in [0.4, 0.5) is 5.69 Å². The smallest absolute Gasteiger partial charge is 0.143 e. The number of nitrogens with zero attached hydrogens (tertiary/aromatic N) is 2. The number of nitriles is 1. The van der Waals surface area contributed by atoms with Crippen LogP contribution in [-0.2, 0) is 0 Å². The summed E-state index contributed by atoms with van der Waals surface area (Å²) in [5.74, 6) is 0.798. The summed E-state index contributed by atoms with van der Waals surface area (Å²) in [5.41, 5.74) is 7.78. The zero-order valence-electron chi connectivity index (χ0n) is 11.2. The Bertz CT molecular complexity index is 509. The van der Waals surface area contributed by atoms with E-state index in [0.717, 1.165) is 24.3 Å². The number of rotatable bonds is 2. The van der Waals surface area contributed by atoms with Crippen LogP contribution in [0, 0.1) is 11.3 Å². The van der Waals surface area contributed by atoms with Crippen molar-refractivity contribution < 1.29 is 4.74 Å². The maximum atomic E-state index is 9.36. The molecule has 4 heteroatoms. The van der Waals surface area contributed by atoms with Crippen LogP contribution >= 0.6 is 0 Å². The highest BCUT2D eigenvalue weighted by molar-refractivity contribution is 5.69.